The number of aryl methyl sites for hydroxylation is 1. The van der Waals surface area contributed by atoms with Gasteiger partial charge >= 0.3 is 0 Å². The van der Waals surface area contributed by atoms with Crippen LogP contribution in [-0.2, 0) is 16.4 Å². The molecule has 3 N–H and O–H groups in total. The Morgan fingerprint density at radius 3 is 2.40 bits per heavy atom. The van der Waals surface area contributed by atoms with E-state index in [9.17, 15) is 8.42 Å². The third-order valence-electron chi connectivity index (χ3n) is 2.88. The minimum Gasteiger partial charge on any atom is -0.399 e. The monoisotopic (exact) mass is 354 g/mol. The van der Waals surface area contributed by atoms with Gasteiger partial charge in [0, 0.05) is 10.2 Å². The van der Waals surface area contributed by atoms with Crippen LogP contribution in [0.3, 0.4) is 0 Å². The van der Waals surface area contributed by atoms with Crippen LogP contribution in [0.15, 0.2) is 51.8 Å². The second-order valence-corrected chi connectivity index (χ2v) is 6.93. The predicted molar refractivity (Wildman–Crippen MR) is 85.2 cm³/mol. The number of halogens is 1. The molecule has 4 nitrogen and oxygen atoms in total. The van der Waals surface area contributed by atoms with Gasteiger partial charge in [0.05, 0.1) is 10.6 Å². The maximum atomic E-state index is 12.3. The third kappa shape index (κ3) is 3.32. The van der Waals surface area contributed by atoms with Crippen LogP contribution >= 0.6 is 15.9 Å². The van der Waals surface area contributed by atoms with Gasteiger partial charge in [0.2, 0.25) is 0 Å². The summed E-state index contributed by atoms with van der Waals surface area (Å²) in [5.41, 5.74) is 7.61. The molecule has 0 atom stereocenters. The summed E-state index contributed by atoms with van der Waals surface area (Å²) in [4.78, 5) is 0.191. The van der Waals surface area contributed by atoms with E-state index in [2.05, 4.69) is 20.7 Å². The molecule has 0 bridgehead atoms. The highest BCUT2D eigenvalue weighted by Crippen LogP contribution is 2.24. The highest BCUT2D eigenvalue weighted by molar-refractivity contribution is 9.10. The van der Waals surface area contributed by atoms with E-state index in [1.54, 1.807) is 24.3 Å². The first-order valence-electron chi connectivity index (χ1n) is 6.09. The predicted octanol–water partition coefficient (Wildman–Crippen LogP) is 3.39. The molecule has 0 aliphatic rings. The molecule has 0 saturated carbocycles. The van der Waals surface area contributed by atoms with Crippen LogP contribution in [-0.4, -0.2) is 8.42 Å². The number of rotatable bonds is 4. The molecule has 2 rings (SSSR count). The van der Waals surface area contributed by atoms with Gasteiger partial charge in [-0.2, -0.15) is 0 Å². The second-order valence-electron chi connectivity index (χ2n) is 4.33. The Morgan fingerprint density at radius 2 is 1.80 bits per heavy atom. The Balaban J connectivity index is 2.35. The van der Waals surface area contributed by atoms with Crippen LogP contribution in [0.1, 0.15) is 12.5 Å². The summed E-state index contributed by atoms with van der Waals surface area (Å²) in [7, 11) is -3.60. The fourth-order valence-corrected chi connectivity index (χ4v) is 3.31. The molecule has 0 aliphatic heterocycles. The zero-order valence-electron chi connectivity index (χ0n) is 10.9. The number of benzene rings is 2. The van der Waals surface area contributed by atoms with Crippen molar-refractivity contribution < 1.29 is 8.42 Å². The SMILES string of the molecule is CCc1cc(Br)ccc1NS(=O)(=O)c1ccc(N)cc1. The van der Waals surface area contributed by atoms with E-state index in [1.165, 1.54) is 12.1 Å². The van der Waals surface area contributed by atoms with Crippen molar-refractivity contribution in [3.05, 3.63) is 52.5 Å². The number of nitrogens with one attached hydrogen (secondary N) is 1. The number of nitrogens with two attached hydrogens (primary N) is 1. The Bertz CT molecular complexity index is 712. The Hall–Kier alpha value is -1.53. The Labute approximate surface area is 127 Å². The maximum Gasteiger partial charge on any atom is 0.261 e. The largest absolute Gasteiger partial charge is 0.399 e. The summed E-state index contributed by atoms with van der Waals surface area (Å²) in [6.45, 7) is 1.97. The highest BCUT2D eigenvalue weighted by atomic mass is 79.9. The average Bonchev–Trinajstić information content (AvgIpc) is 2.41. The molecule has 0 heterocycles. The van der Waals surface area contributed by atoms with Crippen LogP contribution in [0.2, 0.25) is 0 Å². The number of hydrogen-bond donors (Lipinski definition) is 2. The molecular formula is C14H15BrN2O2S. The van der Waals surface area contributed by atoms with Gasteiger partial charge in [0.25, 0.3) is 10.0 Å². The van der Waals surface area contributed by atoms with Crippen molar-refractivity contribution >= 4 is 37.3 Å². The van der Waals surface area contributed by atoms with E-state index in [0.717, 1.165) is 16.5 Å². The lowest BCUT2D eigenvalue weighted by atomic mass is 10.1. The van der Waals surface area contributed by atoms with Gasteiger partial charge in [-0.25, -0.2) is 8.42 Å². The Kier molecular flexibility index (Phi) is 4.35. The summed E-state index contributed by atoms with van der Waals surface area (Å²) >= 11 is 3.38. The van der Waals surface area contributed by atoms with E-state index in [-0.39, 0.29) is 4.90 Å². The van der Waals surface area contributed by atoms with Crippen molar-refractivity contribution in [1.82, 2.24) is 0 Å². The molecule has 6 heteroatoms. The quantitative estimate of drug-likeness (QED) is 0.826. The van der Waals surface area contributed by atoms with Crippen LogP contribution in [0.25, 0.3) is 0 Å². The second kappa shape index (κ2) is 5.85. The van der Waals surface area contributed by atoms with Gasteiger partial charge in [0.15, 0.2) is 0 Å². The molecule has 0 saturated heterocycles. The number of hydrogen-bond acceptors (Lipinski definition) is 3. The molecule has 0 fully saturated rings. The summed E-state index contributed by atoms with van der Waals surface area (Å²) in [6.07, 6.45) is 0.735. The molecule has 0 unspecified atom stereocenters. The molecular weight excluding hydrogens is 340 g/mol. The van der Waals surface area contributed by atoms with E-state index in [4.69, 9.17) is 5.73 Å². The molecule has 2 aromatic rings. The summed E-state index contributed by atoms with van der Waals surface area (Å²) in [6, 6.07) is 11.6. The van der Waals surface area contributed by atoms with Crippen molar-refractivity contribution in [1.29, 1.82) is 0 Å². The molecule has 0 aliphatic carbocycles. The van der Waals surface area contributed by atoms with Crippen molar-refractivity contribution in [2.45, 2.75) is 18.2 Å². The fourth-order valence-electron chi connectivity index (χ4n) is 1.81. The Morgan fingerprint density at radius 1 is 1.15 bits per heavy atom. The number of sulfonamides is 1. The minimum atomic E-state index is -3.60. The third-order valence-corrected chi connectivity index (χ3v) is 4.76. The highest BCUT2D eigenvalue weighted by Gasteiger charge is 2.15. The fraction of sp³-hybridized carbons (Fsp3) is 0.143. The van der Waals surface area contributed by atoms with E-state index in [1.807, 2.05) is 13.0 Å². The first-order chi connectivity index (χ1) is 9.42. The molecule has 20 heavy (non-hydrogen) atoms. The average molecular weight is 355 g/mol. The van der Waals surface area contributed by atoms with Gasteiger partial charge in [-0.15, -0.1) is 0 Å². The maximum absolute atomic E-state index is 12.3. The molecule has 0 spiro atoms. The lowest BCUT2D eigenvalue weighted by Crippen LogP contribution is -2.14. The van der Waals surface area contributed by atoms with Gasteiger partial charge < -0.3 is 5.73 Å². The summed E-state index contributed by atoms with van der Waals surface area (Å²) < 4.78 is 28.1. The van der Waals surface area contributed by atoms with Crippen molar-refractivity contribution in [3.63, 3.8) is 0 Å². The van der Waals surface area contributed by atoms with Gasteiger partial charge in [-0.1, -0.05) is 22.9 Å². The van der Waals surface area contributed by atoms with Crippen molar-refractivity contribution in [2.24, 2.45) is 0 Å². The van der Waals surface area contributed by atoms with Crippen LogP contribution in [0.5, 0.6) is 0 Å². The van der Waals surface area contributed by atoms with Gasteiger partial charge in [-0.3, -0.25) is 4.72 Å². The summed E-state index contributed by atoms with van der Waals surface area (Å²) in [5.74, 6) is 0. The molecule has 0 radical (unpaired) electrons. The molecule has 0 amide bonds. The molecule has 0 aromatic heterocycles. The van der Waals surface area contributed by atoms with Crippen LogP contribution in [0.4, 0.5) is 11.4 Å². The van der Waals surface area contributed by atoms with E-state index in [0.29, 0.717) is 11.4 Å². The van der Waals surface area contributed by atoms with Crippen LogP contribution in [0, 0.1) is 0 Å². The normalized spacial score (nSPS) is 11.3. The van der Waals surface area contributed by atoms with E-state index < -0.39 is 10.0 Å². The lowest BCUT2D eigenvalue weighted by molar-refractivity contribution is 0.601. The molecule has 2 aromatic carbocycles. The number of nitrogen functional groups attached to an aromatic ring is 1. The van der Waals surface area contributed by atoms with Crippen molar-refractivity contribution in [3.8, 4) is 0 Å². The summed E-state index contributed by atoms with van der Waals surface area (Å²) in [5, 5.41) is 0. The minimum absolute atomic E-state index is 0.191. The smallest absolute Gasteiger partial charge is 0.261 e. The number of anilines is 2. The topological polar surface area (TPSA) is 72.2 Å². The zero-order chi connectivity index (χ0) is 14.8. The van der Waals surface area contributed by atoms with E-state index >= 15 is 0 Å². The zero-order valence-corrected chi connectivity index (χ0v) is 13.3. The lowest BCUT2D eigenvalue weighted by Gasteiger charge is -2.12. The van der Waals surface area contributed by atoms with Gasteiger partial charge in [0.1, 0.15) is 0 Å². The first-order valence-corrected chi connectivity index (χ1v) is 8.37. The van der Waals surface area contributed by atoms with Crippen LogP contribution < -0.4 is 10.5 Å². The standard InChI is InChI=1S/C14H15BrN2O2S/c1-2-10-9-11(15)3-8-14(10)17-20(18,19)13-6-4-12(16)5-7-13/h3-9,17H,2,16H2,1H3. The van der Waals surface area contributed by atoms with Crippen molar-refractivity contribution in [2.75, 3.05) is 10.5 Å². The first kappa shape index (κ1) is 14.9. The molecule has 106 valence electrons. The van der Waals surface area contributed by atoms with Gasteiger partial charge in [-0.05, 0) is 54.4 Å².